The van der Waals surface area contributed by atoms with E-state index in [1.54, 1.807) is 25.1 Å². The summed E-state index contributed by atoms with van der Waals surface area (Å²) in [6.45, 7) is 1.79. The van der Waals surface area contributed by atoms with Gasteiger partial charge in [0.25, 0.3) is 0 Å². The van der Waals surface area contributed by atoms with Crippen LogP contribution in [-0.2, 0) is 0 Å². The molecule has 3 N–H and O–H groups in total. The van der Waals surface area contributed by atoms with E-state index < -0.39 is 17.5 Å². The van der Waals surface area contributed by atoms with E-state index in [0.29, 0.717) is 17.4 Å². The fourth-order valence-corrected chi connectivity index (χ4v) is 1.53. The van der Waals surface area contributed by atoms with Crippen LogP contribution in [-0.4, -0.2) is 0 Å². The zero-order valence-electron chi connectivity index (χ0n) is 9.60. The van der Waals surface area contributed by atoms with Crippen LogP contribution in [0.4, 0.5) is 30.2 Å². The molecule has 0 aliphatic carbocycles. The first-order chi connectivity index (χ1) is 8.47. The summed E-state index contributed by atoms with van der Waals surface area (Å²) in [5, 5.41) is 2.67. The molecule has 18 heavy (non-hydrogen) atoms. The number of nitrogens with one attached hydrogen (secondary N) is 1. The van der Waals surface area contributed by atoms with Crippen molar-refractivity contribution in [3.63, 3.8) is 0 Å². The van der Waals surface area contributed by atoms with Gasteiger partial charge in [0, 0.05) is 23.5 Å². The average Bonchev–Trinajstić information content (AvgIpc) is 2.31. The van der Waals surface area contributed by atoms with Crippen molar-refractivity contribution < 1.29 is 13.2 Å². The second-order valence-corrected chi connectivity index (χ2v) is 3.94. The molecule has 0 amide bonds. The van der Waals surface area contributed by atoms with Gasteiger partial charge in [-0.1, -0.05) is 0 Å². The van der Waals surface area contributed by atoms with Crippen molar-refractivity contribution in [3.05, 3.63) is 53.3 Å². The van der Waals surface area contributed by atoms with Crippen LogP contribution in [0.25, 0.3) is 0 Å². The van der Waals surface area contributed by atoms with Gasteiger partial charge in [0.1, 0.15) is 5.82 Å². The molecule has 0 aliphatic rings. The normalized spacial score (nSPS) is 10.4. The van der Waals surface area contributed by atoms with Crippen LogP contribution in [0.1, 0.15) is 5.56 Å². The molecule has 0 aromatic heterocycles. The molecule has 0 unspecified atom stereocenters. The van der Waals surface area contributed by atoms with Crippen LogP contribution in [0.2, 0.25) is 0 Å². The maximum absolute atomic E-state index is 13.4. The summed E-state index contributed by atoms with van der Waals surface area (Å²) in [5.41, 5.74) is 7.48. The monoisotopic (exact) mass is 252 g/mol. The first kappa shape index (κ1) is 12.3. The molecule has 0 fully saturated rings. The highest BCUT2D eigenvalue weighted by molar-refractivity contribution is 5.64. The van der Waals surface area contributed by atoms with Gasteiger partial charge in [-0.3, -0.25) is 0 Å². The number of benzene rings is 2. The number of hydrogen-bond donors (Lipinski definition) is 2. The molecule has 5 heteroatoms. The molecule has 2 aromatic carbocycles. The molecular weight excluding hydrogens is 241 g/mol. The Morgan fingerprint density at radius 1 is 0.944 bits per heavy atom. The lowest BCUT2D eigenvalue weighted by Crippen LogP contribution is -1.98. The molecule has 0 bridgehead atoms. The van der Waals surface area contributed by atoms with Gasteiger partial charge in [-0.2, -0.15) is 0 Å². The Hall–Kier alpha value is -2.17. The highest BCUT2D eigenvalue weighted by Crippen LogP contribution is 2.24. The summed E-state index contributed by atoms with van der Waals surface area (Å²) in [7, 11) is 0. The summed E-state index contributed by atoms with van der Waals surface area (Å²) in [6.07, 6.45) is 0. The second kappa shape index (κ2) is 4.60. The van der Waals surface area contributed by atoms with Gasteiger partial charge in [-0.05, 0) is 30.7 Å². The number of nitrogens with two attached hydrogens (primary N) is 1. The molecule has 2 nitrogen and oxygen atoms in total. The lowest BCUT2D eigenvalue weighted by molar-refractivity contribution is 0.496. The van der Waals surface area contributed by atoms with Gasteiger partial charge >= 0.3 is 0 Å². The van der Waals surface area contributed by atoms with Crippen LogP contribution in [0.15, 0.2) is 30.3 Å². The zero-order valence-corrected chi connectivity index (χ0v) is 9.60. The molecule has 0 aliphatic heterocycles. The minimum Gasteiger partial charge on any atom is -0.399 e. The SMILES string of the molecule is Cc1cc(Nc2cc(F)c(F)cc2F)ccc1N. The van der Waals surface area contributed by atoms with E-state index in [4.69, 9.17) is 5.73 Å². The first-order valence-corrected chi connectivity index (χ1v) is 5.25. The van der Waals surface area contributed by atoms with Crippen molar-refractivity contribution >= 4 is 17.1 Å². The van der Waals surface area contributed by atoms with Gasteiger partial charge < -0.3 is 11.1 Å². The number of anilines is 3. The van der Waals surface area contributed by atoms with E-state index in [1.165, 1.54) is 0 Å². The fraction of sp³-hybridized carbons (Fsp3) is 0.0769. The predicted molar refractivity (Wildman–Crippen MR) is 65.2 cm³/mol. The Balaban J connectivity index is 2.34. The highest BCUT2D eigenvalue weighted by Gasteiger charge is 2.10. The third-order valence-electron chi connectivity index (χ3n) is 2.56. The van der Waals surface area contributed by atoms with Crippen LogP contribution in [0, 0.1) is 24.4 Å². The van der Waals surface area contributed by atoms with Crippen LogP contribution in [0.3, 0.4) is 0 Å². The Kier molecular flexibility index (Phi) is 3.14. The zero-order chi connectivity index (χ0) is 13.3. The van der Waals surface area contributed by atoms with Gasteiger partial charge in [-0.15, -0.1) is 0 Å². The van der Waals surface area contributed by atoms with Crippen molar-refractivity contribution in [2.75, 3.05) is 11.1 Å². The van der Waals surface area contributed by atoms with Crippen LogP contribution < -0.4 is 11.1 Å². The van der Waals surface area contributed by atoms with E-state index >= 15 is 0 Å². The Bertz CT molecular complexity index is 597. The Morgan fingerprint density at radius 3 is 2.28 bits per heavy atom. The molecule has 0 spiro atoms. The summed E-state index contributed by atoms with van der Waals surface area (Å²) in [4.78, 5) is 0. The van der Waals surface area contributed by atoms with E-state index in [2.05, 4.69) is 5.32 Å². The molecule has 0 saturated heterocycles. The summed E-state index contributed by atoms with van der Waals surface area (Å²) in [6, 6.07) is 6.24. The summed E-state index contributed by atoms with van der Waals surface area (Å²) in [5.74, 6) is -3.18. The number of rotatable bonds is 2. The van der Waals surface area contributed by atoms with Gasteiger partial charge in [0.05, 0.1) is 5.69 Å². The van der Waals surface area contributed by atoms with Crippen molar-refractivity contribution in [3.8, 4) is 0 Å². The number of aryl methyl sites for hydroxylation is 1. The molecule has 94 valence electrons. The highest BCUT2D eigenvalue weighted by atomic mass is 19.2. The van der Waals surface area contributed by atoms with Crippen LogP contribution in [0.5, 0.6) is 0 Å². The molecule has 0 atom stereocenters. The standard InChI is InChI=1S/C13H11F3N2/c1-7-4-8(2-3-12(7)17)18-13-6-10(15)9(14)5-11(13)16/h2-6,18H,17H2,1H3. The Labute approximate surface area is 102 Å². The van der Waals surface area contributed by atoms with E-state index in [-0.39, 0.29) is 5.69 Å². The largest absolute Gasteiger partial charge is 0.399 e. The number of halogens is 3. The topological polar surface area (TPSA) is 38.0 Å². The third-order valence-corrected chi connectivity index (χ3v) is 2.56. The summed E-state index contributed by atoms with van der Waals surface area (Å²) < 4.78 is 39.2. The molecule has 0 radical (unpaired) electrons. The van der Waals surface area contributed by atoms with Crippen molar-refractivity contribution in [2.24, 2.45) is 0 Å². The summed E-state index contributed by atoms with van der Waals surface area (Å²) >= 11 is 0. The maximum Gasteiger partial charge on any atom is 0.161 e. The lowest BCUT2D eigenvalue weighted by Gasteiger charge is -2.10. The van der Waals surface area contributed by atoms with Crippen molar-refractivity contribution in [1.29, 1.82) is 0 Å². The molecule has 2 aromatic rings. The van der Waals surface area contributed by atoms with E-state index in [1.807, 2.05) is 0 Å². The minimum atomic E-state index is -1.22. The average molecular weight is 252 g/mol. The van der Waals surface area contributed by atoms with E-state index in [0.717, 1.165) is 11.6 Å². The fourth-order valence-electron chi connectivity index (χ4n) is 1.53. The van der Waals surface area contributed by atoms with Crippen LogP contribution >= 0.6 is 0 Å². The molecular formula is C13H11F3N2. The van der Waals surface area contributed by atoms with Crippen molar-refractivity contribution in [2.45, 2.75) is 6.92 Å². The van der Waals surface area contributed by atoms with Crippen molar-refractivity contribution in [1.82, 2.24) is 0 Å². The quantitative estimate of drug-likeness (QED) is 0.631. The molecule has 0 saturated carbocycles. The lowest BCUT2D eigenvalue weighted by atomic mass is 10.1. The number of hydrogen-bond acceptors (Lipinski definition) is 2. The minimum absolute atomic E-state index is 0.127. The predicted octanol–water partition coefficient (Wildman–Crippen LogP) is 3.74. The number of nitrogen functional groups attached to an aromatic ring is 1. The second-order valence-electron chi connectivity index (χ2n) is 3.94. The van der Waals surface area contributed by atoms with Gasteiger partial charge in [0.15, 0.2) is 11.6 Å². The molecule has 0 heterocycles. The Morgan fingerprint density at radius 2 is 1.61 bits per heavy atom. The van der Waals surface area contributed by atoms with E-state index in [9.17, 15) is 13.2 Å². The molecule has 2 rings (SSSR count). The van der Waals surface area contributed by atoms with Gasteiger partial charge in [0.2, 0.25) is 0 Å². The maximum atomic E-state index is 13.4. The van der Waals surface area contributed by atoms with Gasteiger partial charge in [-0.25, -0.2) is 13.2 Å². The smallest absolute Gasteiger partial charge is 0.161 e. The third kappa shape index (κ3) is 2.40. The first-order valence-electron chi connectivity index (χ1n) is 5.25.